The van der Waals surface area contributed by atoms with Crippen LogP contribution in [-0.2, 0) is 0 Å². The summed E-state index contributed by atoms with van der Waals surface area (Å²) in [4.78, 5) is 12.1. The maximum Gasteiger partial charge on any atom is 0.319 e. The van der Waals surface area contributed by atoms with Crippen LogP contribution in [0.1, 0.15) is 96.3 Å². The zero-order valence-corrected chi connectivity index (χ0v) is 15.3. The highest BCUT2D eigenvalue weighted by molar-refractivity contribution is 6.50. The number of hydrogen-bond donors (Lipinski definition) is 3. The van der Waals surface area contributed by atoms with Crippen molar-refractivity contribution in [3.63, 3.8) is 0 Å². The zero-order valence-electron chi connectivity index (χ0n) is 14.3. The van der Waals surface area contributed by atoms with Gasteiger partial charge in [-0.15, -0.1) is 0 Å². The SMILES string of the molecule is C1CCC(N[Si](NC2CCCCC2)NC2CCCCC2)CC1. The second kappa shape index (κ2) is 9.41. The van der Waals surface area contributed by atoms with Crippen molar-refractivity contribution in [3.05, 3.63) is 0 Å². The molecule has 0 aromatic carbocycles. The lowest BCUT2D eigenvalue weighted by atomic mass is 9.96. The van der Waals surface area contributed by atoms with E-state index < -0.39 is 9.28 Å². The van der Waals surface area contributed by atoms with Crippen LogP contribution in [0.25, 0.3) is 0 Å². The van der Waals surface area contributed by atoms with E-state index in [0.29, 0.717) is 0 Å². The Bertz CT molecular complexity index is 247. The van der Waals surface area contributed by atoms with Gasteiger partial charge in [0.1, 0.15) is 0 Å². The highest BCUT2D eigenvalue weighted by atomic mass is 28.3. The topological polar surface area (TPSA) is 36.1 Å². The van der Waals surface area contributed by atoms with Crippen molar-refractivity contribution < 1.29 is 0 Å². The second-order valence-electron chi connectivity index (χ2n) is 7.81. The molecule has 0 bridgehead atoms. The minimum atomic E-state index is -0.791. The summed E-state index contributed by atoms with van der Waals surface area (Å²) in [5.74, 6) is 0. The molecule has 0 unspecified atom stereocenters. The number of rotatable bonds is 6. The largest absolute Gasteiger partial charge is 0.319 e. The molecule has 0 aromatic heterocycles. The average molecular weight is 323 g/mol. The smallest absolute Gasteiger partial charge is 0.310 e. The average Bonchev–Trinajstić information content (AvgIpc) is 2.57. The number of hydrogen-bond acceptors (Lipinski definition) is 3. The van der Waals surface area contributed by atoms with Gasteiger partial charge in [0.05, 0.1) is 0 Å². The fourth-order valence-electron chi connectivity index (χ4n) is 4.48. The maximum atomic E-state index is 4.03. The van der Waals surface area contributed by atoms with Gasteiger partial charge in [-0.1, -0.05) is 57.8 Å². The van der Waals surface area contributed by atoms with Gasteiger partial charge in [-0.05, 0) is 38.5 Å². The summed E-state index contributed by atoms with van der Waals surface area (Å²) in [5.41, 5.74) is 0. The predicted octanol–water partition coefficient (Wildman–Crippen LogP) is 3.74. The third kappa shape index (κ3) is 5.62. The fraction of sp³-hybridized carbons (Fsp3) is 1.00. The molecule has 1 radical (unpaired) electrons. The maximum absolute atomic E-state index is 4.03. The van der Waals surface area contributed by atoms with Gasteiger partial charge in [-0.2, -0.15) is 0 Å². The lowest BCUT2D eigenvalue weighted by Crippen LogP contribution is -2.66. The Morgan fingerprint density at radius 2 is 0.682 bits per heavy atom. The van der Waals surface area contributed by atoms with Crippen molar-refractivity contribution >= 4 is 9.28 Å². The van der Waals surface area contributed by atoms with Crippen molar-refractivity contribution in [1.29, 1.82) is 0 Å². The molecular formula is C18H36N3Si. The Morgan fingerprint density at radius 3 is 0.955 bits per heavy atom. The standard InChI is InChI=1S/C18H36N3Si/c1-4-10-16(11-5-1)19-22(20-17-12-6-2-7-13-17)21-18-14-8-3-9-15-18/h16-21H,1-15H2. The lowest BCUT2D eigenvalue weighted by molar-refractivity contribution is 0.375. The quantitative estimate of drug-likeness (QED) is 0.652. The molecule has 4 heteroatoms. The minimum absolute atomic E-state index is 0.773. The van der Waals surface area contributed by atoms with E-state index in [4.69, 9.17) is 0 Å². The highest BCUT2D eigenvalue weighted by Gasteiger charge is 2.27. The van der Waals surface area contributed by atoms with E-state index in [1.807, 2.05) is 0 Å². The van der Waals surface area contributed by atoms with Gasteiger partial charge in [0.15, 0.2) is 0 Å². The van der Waals surface area contributed by atoms with Crippen molar-refractivity contribution in [2.75, 3.05) is 0 Å². The Kier molecular flexibility index (Phi) is 7.24. The molecule has 0 spiro atoms. The third-order valence-electron chi connectivity index (χ3n) is 5.86. The summed E-state index contributed by atoms with van der Waals surface area (Å²) in [6, 6.07) is 2.32. The van der Waals surface area contributed by atoms with Crippen LogP contribution in [-0.4, -0.2) is 27.4 Å². The van der Waals surface area contributed by atoms with Gasteiger partial charge in [0, 0.05) is 18.1 Å². The summed E-state index contributed by atoms with van der Waals surface area (Å²) < 4.78 is 0. The molecule has 3 saturated carbocycles. The third-order valence-corrected chi connectivity index (χ3v) is 7.95. The van der Waals surface area contributed by atoms with E-state index in [0.717, 1.165) is 18.1 Å². The van der Waals surface area contributed by atoms with Crippen LogP contribution in [0.4, 0.5) is 0 Å². The molecule has 3 fully saturated rings. The fourth-order valence-corrected chi connectivity index (χ4v) is 6.82. The van der Waals surface area contributed by atoms with Crippen molar-refractivity contribution in [3.8, 4) is 0 Å². The van der Waals surface area contributed by atoms with E-state index in [1.54, 1.807) is 0 Å². The second-order valence-corrected chi connectivity index (χ2v) is 9.43. The minimum Gasteiger partial charge on any atom is -0.310 e. The lowest BCUT2D eigenvalue weighted by Gasteiger charge is -2.34. The Morgan fingerprint density at radius 1 is 0.409 bits per heavy atom. The van der Waals surface area contributed by atoms with Crippen LogP contribution in [0.2, 0.25) is 0 Å². The molecule has 127 valence electrons. The van der Waals surface area contributed by atoms with Crippen molar-refractivity contribution in [2.45, 2.75) is 114 Å². The van der Waals surface area contributed by atoms with E-state index >= 15 is 0 Å². The van der Waals surface area contributed by atoms with Gasteiger partial charge in [-0.25, -0.2) is 0 Å². The molecule has 0 aliphatic heterocycles. The van der Waals surface area contributed by atoms with Crippen LogP contribution in [0.3, 0.4) is 0 Å². The Labute approximate surface area is 139 Å². The molecule has 3 aliphatic rings. The molecular weight excluding hydrogens is 286 g/mol. The first-order valence-corrected chi connectivity index (χ1v) is 11.6. The molecule has 3 rings (SSSR count). The predicted molar refractivity (Wildman–Crippen MR) is 95.8 cm³/mol. The molecule has 0 atom stereocenters. The summed E-state index contributed by atoms with van der Waals surface area (Å²) in [5, 5.41) is 0. The van der Waals surface area contributed by atoms with E-state index in [9.17, 15) is 0 Å². The van der Waals surface area contributed by atoms with Crippen LogP contribution < -0.4 is 14.9 Å². The zero-order chi connectivity index (χ0) is 15.0. The van der Waals surface area contributed by atoms with Crippen LogP contribution >= 0.6 is 0 Å². The monoisotopic (exact) mass is 322 g/mol. The van der Waals surface area contributed by atoms with Gasteiger partial charge in [-0.3, -0.25) is 0 Å². The van der Waals surface area contributed by atoms with Gasteiger partial charge in [0.2, 0.25) is 0 Å². The van der Waals surface area contributed by atoms with Crippen LogP contribution in [0.15, 0.2) is 0 Å². The van der Waals surface area contributed by atoms with E-state index in [2.05, 4.69) is 14.9 Å². The Hall–Kier alpha value is 0.0969. The summed E-state index contributed by atoms with van der Waals surface area (Å²) >= 11 is 0. The van der Waals surface area contributed by atoms with Crippen LogP contribution in [0.5, 0.6) is 0 Å². The molecule has 3 N–H and O–H groups in total. The van der Waals surface area contributed by atoms with Crippen LogP contribution in [0, 0.1) is 0 Å². The number of nitrogens with one attached hydrogen (secondary N) is 3. The normalized spacial score (nSPS) is 26.6. The first-order valence-electron chi connectivity index (χ1n) is 10.1. The summed E-state index contributed by atoms with van der Waals surface area (Å²) in [7, 11) is -0.791. The van der Waals surface area contributed by atoms with Gasteiger partial charge >= 0.3 is 9.28 Å². The molecule has 0 heterocycles. The molecule has 0 amide bonds. The van der Waals surface area contributed by atoms with Gasteiger partial charge in [0.25, 0.3) is 0 Å². The Balaban J connectivity index is 1.50. The molecule has 3 nitrogen and oxygen atoms in total. The molecule has 3 aliphatic carbocycles. The van der Waals surface area contributed by atoms with Crippen molar-refractivity contribution in [2.24, 2.45) is 0 Å². The first kappa shape index (κ1) is 16.9. The van der Waals surface area contributed by atoms with Crippen molar-refractivity contribution in [1.82, 2.24) is 14.9 Å². The van der Waals surface area contributed by atoms with E-state index in [1.165, 1.54) is 96.3 Å². The molecule has 0 saturated heterocycles. The van der Waals surface area contributed by atoms with E-state index in [-0.39, 0.29) is 0 Å². The summed E-state index contributed by atoms with van der Waals surface area (Å²) in [6.07, 6.45) is 21.3. The first-order chi connectivity index (χ1) is 10.9. The summed E-state index contributed by atoms with van der Waals surface area (Å²) in [6.45, 7) is 0. The molecule has 0 aromatic rings. The highest BCUT2D eigenvalue weighted by Crippen LogP contribution is 2.21. The molecule has 22 heavy (non-hydrogen) atoms. The van der Waals surface area contributed by atoms with Gasteiger partial charge < -0.3 is 14.9 Å².